The van der Waals surface area contributed by atoms with Gasteiger partial charge in [0.15, 0.2) is 6.10 Å². The summed E-state index contributed by atoms with van der Waals surface area (Å²) in [6, 6.07) is 5.77. The third-order valence-corrected chi connectivity index (χ3v) is 3.78. The van der Waals surface area contributed by atoms with Crippen molar-refractivity contribution in [3.05, 3.63) is 28.2 Å². The normalized spacial score (nSPS) is 20.6. The molecule has 1 amide bonds. The van der Waals surface area contributed by atoms with Gasteiger partial charge in [0.05, 0.1) is 0 Å². The van der Waals surface area contributed by atoms with Crippen molar-refractivity contribution in [3.63, 3.8) is 0 Å². The highest BCUT2D eigenvalue weighted by Gasteiger charge is 2.22. The van der Waals surface area contributed by atoms with E-state index in [1.165, 1.54) is 0 Å². The van der Waals surface area contributed by atoms with Gasteiger partial charge in [0.25, 0.3) is 5.91 Å². The Hall–Kier alpha value is -1.03. The van der Waals surface area contributed by atoms with E-state index < -0.39 is 0 Å². The molecule has 0 aliphatic carbocycles. The molecule has 0 radical (unpaired) electrons. The van der Waals surface area contributed by atoms with E-state index in [1.807, 2.05) is 25.1 Å². The van der Waals surface area contributed by atoms with Crippen molar-refractivity contribution >= 4 is 21.8 Å². The van der Waals surface area contributed by atoms with E-state index in [-0.39, 0.29) is 12.0 Å². The molecule has 1 saturated heterocycles. The number of aryl methyl sites for hydroxylation is 1. The van der Waals surface area contributed by atoms with Crippen LogP contribution in [0.3, 0.4) is 0 Å². The number of halogens is 1. The molecule has 1 aliphatic heterocycles. The minimum absolute atomic E-state index is 0.00284. The SMILES string of the molecule is Cc1cc(OC2CCCCNC2=O)ccc1Br. The molecule has 1 atom stereocenters. The molecule has 1 fully saturated rings. The Labute approximate surface area is 110 Å². The van der Waals surface area contributed by atoms with Gasteiger partial charge in [-0.15, -0.1) is 0 Å². The zero-order valence-electron chi connectivity index (χ0n) is 9.83. The molecule has 0 saturated carbocycles. The molecule has 17 heavy (non-hydrogen) atoms. The lowest BCUT2D eigenvalue weighted by molar-refractivity contribution is -0.127. The second-order valence-electron chi connectivity index (χ2n) is 4.30. The number of hydrogen-bond acceptors (Lipinski definition) is 2. The van der Waals surface area contributed by atoms with Crippen LogP contribution in [0.25, 0.3) is 0 Å². The molecule has 0 bridgehead atoms. The summed E-state index contributed by atoms with van der Waals surface area (Å²) in [6.07, 6.45) is 2.50. The van der Waals surface area contributed by atoms with Gasteiger partial charge >= 0.3 is 0 Å². The van der Waals surface area contributed by atoms with E-state index in [2.05, 4.69) is 21.2 Å². The number of ether oxygens (including phenoxy) is 1. The van der Waals surface area contributed by atoms with Gasteiger partial charge in [0, 0.05) is 11.0 Å². The summed E-state index contributed by atoms with van der Waals surface area (Å²) >= 11 is 3.44. The van der Waals surface area contributed by atoms with E-state index in [4.69, 9.17) is 4.74 Å². The Kier molecular flexibility index (Phi) is 4.05. The standard InChI is InChI=1S/C13H16BrNO2/c1-9-8-10(5-6-11(9)14)17-12-4-2-3-7-15-13(12)16/h5-6,8,12H,2-4,7H2,1H3,(H,15,16). The molecule has 1 aliphatic rings. The first-order valence-corrected chi connectivity index (χ1v) is 6.66. The number of rotatable bonds is 2. The lowest BCUT2D eigenvalue weighted by atomic mass is 10.1. The van der Waals surface area contributed by atoms with Gasteiger partial charge in [-0.2, -0.15) is 0 Å². The second kappa shape index (κ2) is 5.54. The fourth-order valence-corrected chi connectivity index (χ4v) is 2.13. The van der Waals surface area contributed by atoms with Crippen molar-refractivity contribution in [1.29, 1.82) is 0 Å². The minimum Gasteiger partial charge on any atom is -0.481 e. The molecule has 1 aromatic carbocycles. The molecule has 0 aromatic heterocycles. The summed E-state index contributed by atoms with van der Waals surface area (Å²) in [5, 5.41) is 2.87. The Morgan fingerprint density at radius 2 is 2.24 bits per heavy atom. The predicted octanol–water partition coefficient (Wildman–Crippen LogP) is 2.81. The predicted molar refractivity (Wildman–Crippen MR) is 70.2 cm³/mol. The van der Waals surface area contributed by atoms with Crippen molar-refractivity contribution in [2.45, 2.75) is 32.3 Å². The largest absolute Gasteiger partial charge is 0.481 e. The molecular formula is C13H16BrNO2. The number of hydrogen-bond donors (Lipinski definition) is 1. The maximum atomic E-state index is 11.7. The maximum Gasteiger partial charge on any atom is 0.261 e. The number of benzene rings is 1. The first kappa shape index (κ1) is 12.4. The smallest absolute Gasteiger partial charge is 0.261 e. The summed E-state index contributed by atoms with van der Waals surface area (Å²) in [5.74, 6) is 0.760. The van der Waals surface area contributed by atoms with Gasteiger partial charge in [-0.05, 0) is 49.9 Å². The van der Waals surface area contributed by atoms with Crippen molar-refractivity contribution in [2.24, 2.45) is 0 Å². The highest BCUT2D eigenvalue weighted by Crippen LogP contribution is 2.23. The van der Waals surface area contributed by atoms with Gasteiger partial charge in [-0.1, -0.05) is 15.9 Å². The highest BCUT2D eigenvalue weighted by atomic mass is 79.9. The van der Waals surface area contributed by atoms with Crippen molar-refractivity contribution in [3.8, 4) is 5.75 Å². The van der Waals surface area contributed by atoms with Gasteiger partial charge in [-0.3, -0.25) is 4.79 Å². The van der Waals surface area contributed by atoms with Crippen LogP contribution >= 0.6 is 15.9 Å². The third kappa shape index (κ3) is 3.22. The lowest BCUT2D eigenvalue weighted by Crippen LogP contribution is -2.36. The van der Waals surface area contributed by atoms with Crippen LogP contribution in [-0.2, 0) is 4.79 Å². The molecule has 1 unspecified atom stereocenters. The maximum absolute atomic E-state index is 11.7. The molecule has 4 heteroatoms. The molecule has 2 rings (SSSR count). The molecule has 3 nitrogen and oxygen atoms in total. The van der Waals surface area contributed by atoms with Crippen LogP contribution in [-0.4, -0.2) is 18.6 Å². The summed E-state index contributed by atoms with van der Waals surface area (Å²) in [6.45, 7) is 2.77. The quantitative estimate of drug-likeness (QED) is 0.912. The monoisotopic (exact) mass is 297 g/mol. The number of carbonyl (C=O) groups excluding carboxylic acids is 1. The van der Waals surface area contributed by atoms with Crippen LogP contribution in [0.1, 0.15) is 24.8 Å². The van der Waals surface area contributed by atoms with Gasteiger partial charge in [0.2, 0.25) is 0 Å². The van der Waals surface area contributed by atoms with Crippen LogP contribution in [0.2, 0.25) is 0 Å². The van der Waals surface area contributed by atoms with Crippen LogP contribution in [0.4, 0.5) is 0 Å². The Morgan fingerprint density at radius 3 is 3.00 bits per heavy atom. The lowest BCUT2D eigenvalue weighted by Gasteiger charge is -2.16. The van der Waals surface area contributed by atoms with E-state index in [1.54, 1.807) is 0 Å². The Morgan fingerprint density at radius 1 is 1.41 bits per heavy atom. The highest BCUT2D eigenvalue weighted by molar-refractivity contribution is 9.10. The Bertz CT molecular complexity index is 420. The van der Waals surface area contributed by atoms with Gasteiger partial charge < -0.3 is 10.1 Å². The second-order valence-corrected chi connectivity index (χ2v) is 5.16. The number of carbonyl (C=O) groups is 1. The zero-order valence-corrected chi connectivity index (χ0v) is 11.4. The third-order valence-electron chi connectivity index (χ3n) is 2.89. The summed E-state index contributed by atoms with van der Waals surface area (Å²) in [4.78, 5) is 11.7. The van der Waals surface area contributed by atoms with Gasteiger partial charge in [-0.25, -0.2) is 0 Å². The zero-order chi connectivity index (χ0) is 12.3. The van der Waals surface area contributed by atoms with Crippen molar-refractivity contribution in [1.82, 2.24) is 5.32 Å². The fourth-order valence-electron chi connectivity index (χ4n) is 1.88. The average Bonchev–Trinajstić information content (AvgIpc) is 2.50. The van der Waals surface area contributed by atoms with Crippen LogP contribution in [0.5, 0.6) is 5.75 Å². The number of nitrogens with one attached hydrogen (secondary N) is 1. The molecule has 92 valence electrons. The van der Waals surface area contributed by atoms with Gasteiger partial charge in [0.1, 0.15) is 5.75 Å². The van der Waals surface area contributed by atoms with E-state index >= 15 is 0 Å². The van der Waals surface area contributed by atoms with E-state index in [0.717, 1.165) is 41.6 Å². The number of amides is 1. The van der Waals surface area contributed by atoms with Crippen LogP contribution in [0, 0.1) is 6.92 Å². The van der Waals surface area contributed by atoms with E-state index in [9.17, 15) is 4.79 Å². The topological polar surface area (TPSA) is 38.3 Å². The summed E-state index contributed by atoms with van der Waals surface area (Å²) < 4.78 is 6.80. The first-order chi connectivity index (χ1) is 8.16. The van der Waals surface area contributed by atoms with Crippen molar-refractivity contribution < 1.29 is 9.53 Å². The fraction of sp³-hybridized carbons (Fsp3) is 0.462. The van der Waals surface area contributed by atoms with Crippen LogP contribution < -0.4 is 10.1 Å². The molecular weight excluding hydrogens is 282 g/mol. The van der Waals surface area contributed by atoms with E-state index in [0.29, 0.717) is 0 Å². The molecule has 1 heterocycles. The molecule has 0 spiro atoms. The first-order valence-electron chi connectivity index (χ1n) is 5.87. The van der Waals surface area contributed by atoms with Crippen molar-refractivity contribution in [2.75, 3.05) is 6.54 Å². The molecule has 1 N–H and O–H groups in total. The molecule has 1 aromatic rings. The Balaban J connectivity index is 2.08. The summed E-state index contributed by atoms with van der Waals surface area (Å²) in [7, 11) is 0. The summed E-state index contributed by atoms with van der Waals surface area (Å²) in [5.41, 5.74) is 1.11. The van der Waals surface area contributed by atoms with Crippen LogP contribution in [0.15, 0.2) is 22.7 Å². The average molecular weight is 298 g/mol. The minimum atomic E-state index is -0.349.